The monoisotopic (exact) mass is 239 g/mol. The lowest BCUT2D eigenvalue weighted by molar-refractivity contribution is -0.605. The lowest BCUT2D eigenvalue weighted by atomic mass is 10.3. The van der Waals surface area contributed by atoms with E-state index in [1.54, 1.807) is 0 Å². The van der Waals surface area contributed by atoms with Crippen LogP contribution in [0.25, 0.3) is 0 Å². The normalized spacial score (nSPS) is 11.7. The van der Waals surface area contributed by atoms with Crippen molar-refractivity contribution in [2.24, 2.45) is 0 Å². The molecular weight excluding hydrogens is 218 g/mol. The van der Waals surface area contributed by atoms with Crippen LogP contribution in [0, 0.1) is 5.21 Å². The van der Waals surface area contributed by atoms with Gasteiger partial charge >= 0.3 is 0 Å². The Morgan fingerprint density at radius 2 is 1.94 bits per heavy atom. The molecule has 0 atom stereocenters. The summed E-state index contributed by atoms with van der Waals surface area (Å²) in [4.78, 5) is 0. The molecule has 1 aromatic rings. The lowest BCUT2D eigenvalue weighted by Gasteiger charge is -2.22. The molecule has 3 nitrogen and oxygen atoms in total. The zero-order valence-electron chi connectivity index (χ0n) is 10.4. The van der Waals surface area contributed by atoms with E-state index in [0.29, 0.717) is 6.61 Å². The van der Waals surface area contributed by atoms with Crippen molar-refractivity contribution in [1.82, 2.24) is 0 Å². The fourth-order valence-electron chi connectivity index (χ4n) is 1.49. The van der Waals surface area contributed by atoms with Crippen molar-refractivity contribution >= 4 is 8.32 Å². The molecule has 90 valence electrons. The third kappa shape index (κ3) is 4.77. The van der Waals surface area contributed by atoms with Crippen molar-refractivity contribution in [2.45, 2.75) is 45.5 Å². The van der Waals surface area contributed by atoms with Crippen LogP contribution >= 0.6 is 0 Å². The first-order chi connectivity index (χ1) is 7.53. The lowest BCUT2D eigenvalue weighted by Crippen LogP contribution is -2.30. The van der Waals surface area contributed by atoms with Gasteiger partial charge in [0.25, 0.3) is 0 Å². The van der Waals surface area contributed by atoms with Crippen molar-refractivity contribution in [3.63, 3.8) is 0 Å². The first-order valence-electron chi connectivity index (χ1n) is 5.85. The third-order valence-corrected chi connectivity index (χ3v) is 5.12. The molecule has 0 aliphatic rings. The molecule has 0 amide bonds. The van der Waals surface area contributed by atoms with Crippen LogP contribution in [-0.4, -0.2) is 8.32 Å². The topological polar surface area (TPSA) is 36.2 Å². The summed E-state index contributed by atoms with van der Waals surface area (Å²) in [5.74, 6) is 0. The molecule has 0 aromatic carbocycles. The molecular formula is C12H21NO2Si. The zero-order valence-corrected chi connectivity index (χ0v) is 11.4. The highest BCUT2D eigenvalue weighted by Crippen LogP contribution is 2.16. The number of rotatable bonds is 6. The Morgan fingerprint density at radius 1 is 1.31 bits per heavy atom. The van der Waals surface area contributed by atoms with E-state index >= 15 is 0 Å². The maximum Gasteiger partial charge on any atom is 0.187 e. The minimum atomic E-state index is -1.51. The quantitative estimate of drug-likeness (QED) is 0.435. The predicted molar refractivity (Wildman–Crippen MR) is 67.4 cm³/mol. The second-order valence-electron chi connectivity index (χ2n) is 4.72. The minimum Gasteiger partial charge on any atom is -0.619 e. The van der Waals surface area contributed by atoms with Crippen LogP contribution in [-0.2, 0) is 11.0 Å². The summed E-state index contributed by atoms with van der Waals surface area (Å²) in [5, 5.41) is 10.8. The van der Waals surface area contributed by atoms with Gasteiger partial charge in [0.15, 0.2) is 20.7 Å². The van der Waals surface area contributed by atoms with E-state index in [1.165, 1.54) is 31.3 Å². The first-order valence-corrected chi connectivity index (χ1v) is 8.97. The summed E-state index contributed by atoms with van der Waals surface area (Å²) < 4.78 is 6.78. The van der Waals surface area contributed by atoms with Gasteiger partial charge < -0.3 is 9.63 Å². The number of pyridine rings is 1. The van der Waals surface area contributed by atoms with Crippen LogP contribution in [0.3, 0.4) is 0 Å². The van der Waals surface area contributed by atoms with Crippen molar-refractivity contribution in [2.75, 3.05) is 0 Å². The van der Waals surface area contributed by atoms with Crippen molar-refractivity contribution in [3.8, 4) is 0 Å². The predicted octanol–water partition coefficient (Wildman–Crippen LogP) is 2.84. The van der Waals surface area contributed by atoms with Crippen molar-refractivity contribution in [1.29, 1.82) is 0 Å². The van der Waals surface area contributed by atoms with Crippen LogP contribution in [0.1, 0.15) is 25.3 Å². The van der Waals surface area contributed by atoms with Gasteiger partial charge in [0.2, 0.25) is 0 Å². The largest absolute Gasteiger partial charge is 0.619 e. The van der Waals surface area contributed by atoms with Gasteiger partial charge in [0.1, 0.15) is 0 Å². The highest BCUT2D eigenvalue weighted by molar-refractivity contribution is 6.71. The van der Waals surface area contributed by atoms with Gasteiger partial charge in [-0.2, -0.15) is 4.73 Å². The molecule has 0 N–H and O–H groups in total. The van der Waals surface area contributed by atoms with Gasteiger partial charge in [-0.05, 0) is 24.7 Å². The fourth-order valence-corrected chi connectivity index (χ4v) is 3.40. The van der Waals surface area contributed by atoms with Crippen LogP contribution in [0.2, 0.25) is 19.1 Å². The van der Waals surface area contributed by atoms with Gasteiger partial charge in [0, 0.05) is 12.1 Å². The number of hydrogen-bond donors (Lipinski definition) is 0. The van der Waals surface area contributed by atoms with Crippen LogP contribution < -0.4 is 4.73 Å². The molecule has 0 radical (unpaired) electrons. The summed E-state index contributed by atoms with van der Waals surface area (Å²) in [6.07, 6.45) is 5.49. The van der Waals surface area contributed by atoms with Crippen LogP contribution in [0.15, 0.2) is 24.5 Å². The molecule has 1 heterocycles. The van der Waals surface area contributed by atoms with Gasteiger partial charge in [-0.3, -0.25) is 0 Å². The molecule has 1 aromatic heterocycles. The standard InChI is InChI=1S/C12H21NO2Si/c1-4-5-10-16(2,3)15-11-12-6-8-13(14)9-7-12/h6-9H,4-5,10-11H2,1-3H3. The molecule has 16 heavy (non-hydrogen) atoms. The maximum atomic E-state index is 10.8. The van der Waals surface area contributed by atoms with Gasteiger partial charge in [-0.25, -0.2) is 0 Å². The molecule has 0 aliphatic heterocycles. The zero-order chi connectivity index (χ0) is 12.0. The van der Waals surface area contributed by atoms with E-state index in [-0.39, 0.29) is 0 Å². The smallest absolute Gasteiger partial charge is 0.187 e. The van der Waals surface area contributed by atoms with Gasteiger partial charge in [-0.1, -0.05) is 19.8 Å². The maximum absolute atomic E-state index is 10.8. The van der Waals surface area contributed by atoms with Crippen molar-refractivity contribution < 1.29 is 9.16 Å². The molecule has 0 fully saturated rings. The fraction of sp³-hybridized carbons (Fsp3) is 0.583. The molecule has 0 spiro atoms. The Hall–Kier alpha value is -0.873. The van der Waals surface area contributed by atoms with E-state index in [1.807, 2.05) is 12.1 Å². The summed E-state index contributed by atoms with van der Waals surface area (Å²) in [6, 6.07) is 4.84. The summed E-state index contributed by atoms with van der Waals surface area (Å²) in [6.45, 7) is 7.33. The number of unbranched alkanes of at least 4 members (excludes halogenated alkanes) is 1. The average molecular weight is 239 g/mol. The van der Waals surface area contributed by atoms with E-state index < -0.39 is 8.32 Å². The number of nitrogens with zero attached hydrogens (tertiary/aromatic N) is 1. The Labute approximate surface area is 98.8 Å². The number of aromatic nitrogens is 1. The molecule has 0 saturated heterocycles. The van der Waals surface area contributed by atoms with E-state index in [9.17, 15) is 5.21 Å². The Balaban J connectivity index is 2.41. The van der Waals surface area contributed by atoms with Crippen molar-refractivity contribution in [3.05, 3.63) is 35.3 Å². The summed E-state index contributed by atoms with van der Waals surface area (Å²) >= 11 is 0. The highest BCUT2D eigenvalue weighted by Gasteiger charge is 2.21. The van der Waals surface area contributed by atoms with E-state index in [2.05, 4.69) is 20.0 Å². The Morgan fingerprint density at radius 3 is 2.50 bits per heavy atom. The minimum absolute atomic E-state index is 0.629. The average Bonchev–Trinajstić information content (AvgIpc) is 2.26. The van der Waals surface area contributed by atoms with Crippen LogP contribution in [0.4, 0.5) is 0 Å². The van der Waals surface area contributed by atoms with Crippen LogP contribution in [0.5, 0.6) is 0 Å². The third-order valence-electron chi connectivity index (χ3n) is 2.63. The first kappa shape index (κ1) is 13.2. The summed E-state index contributed by atoms with van der Waals surface area (Å²) in [5.41, 5.74) is 1.07. The molecule has 0 saturated carbocycles. The van der Waals surface area contributed by atoms with Gasteiger partial charge in [0.05, 0.1) is 6.61 Å². The molecule has 1 rings (SSSR count). The second kappa shape index (κ2) is 6.01. The Kier molecular flexibility index (Phi) is 4.95. The second-order valence-corrected chi connectivity index (χ2v) is 9.03. The number of hydrogen-bond acceptors (Lipinski definition) is 2. The summed E-state index contributed by atoms with van der Waals surface area (Å²) in [7, 11) is -1.51. The molecule has 0 aliphatic carbocycles. The van der Waals surface area contributed by atoms with E-state index in [0.717, 1.165) is 10.3 Å². The highest BCUT2D eigenvalue weighted by atomic mass is 28.4. The van der Waals surface area contributed by atoms with Gasteiger partial charge in [-0.15, -0.1) is 0 Å². The van der Waals surface area contributed by atoms with E-state index in [4.69, 9.17) is 4.43 Å². The molecule has 0 unspecified atom stereocenters. The molecule has 4 heteroatoms. The molecule has 0 bridgehead atoms. The SMILES string of the molecule is CCCC[Si](C)(C)OCc1cc[n+]([O-])cc1. The Bertz CT molecular complexity index is 311.